The largest absolute Gasteiger partial charge is 2.00 e. The number of benzene rings is 9. The van der Waals surface area contributed by atoms with Crippen LogP contribution in [0.2, 0.25) is 0 Å². The van der Waals surface area contributed by atoms with E-state index in [1.165, 1.54) is 131 Å². The van der Waals surface area contributed by atoms with E-state index < -0.39 is 15.8 Å². The van der Waals surface area contributed by atoms with Gasteiger partial charge in [-0.05, 0) is 140 Å². The van der Waals surface area contributed by atoms with Crippen molar-refractivity contribution in [3.05, 3.63) is 228 Å². The number of halogens is 2. The Hall–Kier alpha value is -4.52. The van der Waals surface area contributed by atoms with Crippen LogP contribution in [0, 0.1) is 27.7 Å². The fourth-order valence-electron chi connectivity index (χ4n) is 9.19. The summed E-state index contributed by atoms with van der Waals surface area (Å²) < 4.78 is 0. The molecule has 9 rings (SSSR count). The van der Waals surface area contributed by atoms with Crippen LogP contribution in [-0.4, -0.2) is 24.5 Å². The summed E-state index contributed by atoms with van der Waals surface area (Å²) in [5, 5.41) is 13.4. The predicted octanol–water partition coefficient (Wildman–Crippen LogP) is 8.00. The molecule has 0 unspecified atom stereocenters. The van der Waals surface area contributed by atoms with Crippen molar-refractivity contribution in [2.24, 2.45) is 5.73 Å². The number of unbranched alkanes of at least 4 members (excludes halogenated alkanes) is 2. The summed E-state index contributed by atoms with van der Waals surface area (Å²) in [7, 11) is -1.77. The SMILES string of the molecule is CCCCN(CCCC)C[C@@H](N)c1ccccc1.Cc1ccc(P(c2ccc(C)cc2)c2ccc3ccccc3c2-c2c(P(c3ccc(C)cc3)c3ccc(C)cc3)ccc3ccccc23)cc1.[Cl-].[Cl-].[Ru+2]. The molecule has 0 aliphatic rings. The third-order valence-electron chi connectivity index (χ3n) is 13.1. The van der Waals surface area contributed by atoms with Crippen molar-refractivity contribution in [1.82, 2.24) is 4.90 Å². The minimum Gasteiger partial charge on any atom is -1.00 e. The molecule has 0 aromatic heterocycles. The molecule has 0 fully saturated rings. The standard InChI is InChI=1S/C48H40P2.C16H28N2.2ClH.Ru/c1-33-13-23-39(24-14-33)49(40-25-15-34(2)16-26-40)45-31-21-37-9-5-7-11-43(37)47(45)48-44-12-8-6-10-38(44)22-32-46(48)50(41-27-17-35(3)18-28-41)42-29-19-36(4)20-30-42;1-3-5-12-18(13-6-4-2)14-16(17)15-10-8-7-9-11-15;;;/h5-32H,1-4H3;7-11,16H,3-6,12-14,17H2,1-2H3;2*1H;/q;;;;+2/p-2/t;16-;;;/m.1.../s1. The Balaban J connectivity index is 0.000000382. The van der Waals surface area contributed by atoms with Gasteiger partial charge in [-0.15, -0.1) is 0 Å². The van der Waals surface area contributed by atoms with E-state index in [1.54, 1.807) is 0 Å². The van der Waals surface area contributed by atoms with Crippen molar-refractivity contribution in [2.45, 2.75) is 73.3 Å². The Bertz CT molecular complexity index is 2740. The molecule has 7 heteroatoms. The second-order valence-electron chi connectivity index (χ2n) is 18.4. The van der Waals surface area contributed by atoms with Gasteiger partial charge in [-0.2, -0.15) is 0 Å². The predicted molar refractivity (Wildman–Crippen MR) is 303 cm³/mol. The average molecular weight is 1100 g/mol. The molecule has 0 spiro atoms. The summed E-state index contributed by atoms with van der Waals surface area (Å²) in [4.78, 5) is 2.52. The maximum atomic E-state index is 6.30. The number of fused-ring (bicyclic) bond motifs is 2. The molecule has 1 atom stereocenters. The summed E-state index contributed by atoms with van der Waals surface area (Å²) in [5.74, 6) is 0. The van der Waals surface area contributed by atoms with Gasteiger partial charge in [-0.25, -0.2) is 0 Å². The Morgan fingerprint density at radius 3 is 1.07 bits per heavy atom. The van der Waals surface area contributed by atoms with E-state index in [9.17, 15) is 0 Å². The van der Waals surface area contributed by atoms with Gasteiger partial charge in [0.1, 0.15) is 0 Å². The van der Waals surface area contributed by atoms with E-state index in [1.807, 2.05) is 6.07 Å². The number of rotatable bonds is 16. The first kappa shape index (κ1) is 57.4. The molecule has 0 aliphatic heterocycles. The second-order valence-corrected chi connectivity index (χ2v) is 22.8. The molecule has 0 amide bonds. The van der Waals surface area contributed by atoms with Gasteiger partial charge < -0.3 is 35.4 Å². The molecular weight excluding hydrogens is 1030 g/mol. The van der Waals surface area contributed by atoms with Gasteiger partial charge in [0.25, 0.3) is 0 Å². The van der Waals surface area contributed by atoms with Crippen LogP contribution in [0.15, 0.2) is 200 Å². The molecule has 366 valence electrons. The fraction of sp³-hybridized carbons (Fsp3) is 0.219. The zero-order chi connectivity index (χ0) is 47.4. The first-order chi connectivity index (χ1) is 33.2. The van der Waals surface area contributed by atoms with Crippen LogP contribution < -0.4 is 62.4 Å². The molecule has 0 saturated heterocycles. The minimum atomic E-state index is -0.885. The summed E-state index contributed by atoms with van der Waals surface area (Å²) in [6.45, 7) is 16.5. The first-order valence-electron chi connectivity index (χ1n) is 24.7. The molecule has 71 heavy (non-hydrogen) atoms. The summed E-state index contributed by atoms with van der Waals surface area (Å²) >= 11 is 0. The summed E-state index contributed by atoms with van der Waals surface area (Å²) in [6.07, 6.45) is 5.04. The van der Waals surface area contributed by atoms with Gasteiger partial charge in [0.05, 0.1) is 0 Å². The fourth-order valence-corrected chi connectivity index (χ4v) is 14.0. The van der Waals surface area contributed by atoms with Gasteiger partial charge in [-0.3, -0.25) is 0 Å². The van der Waals surface area contributed by atoms with Gasteiger partial charge in [0, 0.05) is 12.6 Å². The first-order valence-corrected chi connectivity index (χ1v) is 27.3. The van der Waals surface area contributed by atoms with Gasteiger partial charge in [0.2, 0.25) is 0 Å². The number of hydrogen-bond donors (Lipinski definition) is 1. The third kappa shape index (κ3) is 14.4. The monoisotopic (exact) mass is 1100 g/mol. The number of nitrogens with zero attached hydrogens (tertiary/aromatic N) is 1. The minimum absolute atomic E-state index is 0. The zero-order valence-corrected chi connectivity index (χ0v) is 47.1. The number of aryl methyl sites for hydroxylation is 4. The van der Waals surface area contributed by atoms with E-state index in [0.717, 1.165) is 6.54 Å². The molecule has 9 aromatic rings. The second kappa shape index (κ2) is 28.1. The Morgan fingerprint density at radius 2 is 0.732 bits per heavy atom. The normalized spacial score (nSPS) is 11.4. The van der Waals surface area contributed by atoms with Crippen LogP contribution in [0.4, 0.5) is 0 Å². The third-order valence-corrected chi connectivity index (χ3v) is 18.0. The topological polar surface area (TPSA) is 29.3 Å². The van der Waals surface area contributed by atoms with Crippen molar-refractivity contribution in [3.8, 4) is 11.1 Å². The molecule has 2 N–H and O–H groups in total. The van der Waals surface area contributed by atoms with E-state index >= 15 is 0 Å². The van der Waals surface area contributed by atoms with Crippen LogP contribution in [0.25, 0.3) is 32.7 Å². The van der Waals surface area contributed by atoms with Crippen LogP contribution >= 0.6 is 15.8 Å². The maximum Gasteiger partial charge on any atom is 2.00 e. The van der Waals surface area contributed by atoms with Crippen molar-refractivity contribution < 1.29 is 44.3 Å². The molecule has 0 aliphatic carbocycles. The average Bonchev–Trinajstić information content (AvgIpc) is 3.37. The molecule has 0 saturated carbocycles. The van der Waals surface area contributed by atoms with E-state index in [4.69, 9.17) is 5.73 Å². The molecule has 9 aromatic carbocycles. The Morgan fingerprint density at radius 1 is 0.408 bits per heavy atom. The van der Waals surface area contributed by atoms with E-state index in [-0.39, 0.29) is 50.3 Å². The van der Waals surface area contributed by atoms with Crippen molar-refractivity contribution in [1.29, 1.82) is 0 Å². The molecular formula is C64H68Cl2N2P2Ru. The van der Waals surface area contributed by atoms with Gasteiger partial charge >= 0.3 is 19.5 Å². The number of nitrogens with two attached hydrogens (primary N) is 1. The molecule has 0 radical (unpaired) electrons. The van der Waals surface area contributed by atoms with Crippen LogP contribution in [0.3, 0.4) is 0 Å². The Labute approximate surface area is 453 Å². The van der Waals surface area contributed by atoms with Crippen LogP contribution in [0.1, 0.15) is 73.4 Å². The van der Waals surface area contributed by atoms with E-state index in [0.29, 0.717) is 0 Å². The van der Waals surface area contributed by atoms with Crippen molar-refractivity contribution >= 4 is 69.2 Å². The van der Waals surface area contributed by atoms with Crippen LogP contribution in [0.5, 0.6) is 0 Å². The number of hydrogen-bond acceptors (Lipinski definition) is 2. The van der Waals surface area contributed by atoms with E-state index in [2.05, 4.69) is 241 Å². The smallest absolute Gasteiger partial charge is 1.00 e. The van der Waals surface area contributed by atoms with Crippen molar-refractivity contribution in [3.63, 3.8) is 0 Å². The maximum absolute atomic E-state index is 6.30. The summed E-state index contributed by atoms with van der Waals surface area (Å²) in [5.41, 5.74) is 15.4. The summed E-state index contributed by atoms with van der Waals surface area (Å²) in [6, 6.07) is 75.2. The van der Waals surface area contributed by atoms with Crippen molar-refractivity contribution in [2.75, 3.05) is 19.6 Å². The van der Waals surface area contributed by atoms with Gasteiger partial charge in [-0.1, -0.05) is 249 Å². The molecule has 0 bridgehead atoms. The zero-order valence-electron chi connectivity index (χ0n) is 42.1. The molecule has 0 heterocycles. The Kier molecular flexibility index (Phi) is 22.7. The quantitative estimate of drug-likeness (QED) is 0.0786. The van der Waals surface area contributed by atoms with Gasteiger partial charge in [0.15, 0.2) is 0 Å². The molecule has 2 nitrogen and oxygen atoms in total. The van der Waals surface area contributed by atoms with Crippen LogP contribution in [-0.2, 0) is 19.5 Å².